The SMILES string of the molecule is CCNC1CC(C)CC(C)C1Sc1ccc(C)c(C)c1. The van der Waals surface area contributed by atoms with Crippen LogP contribution in [0.5, 0.6) is 0 Å². The molecule has 0 amide bonds. The Morgan fingerprint density at radius 2 is 1.90 bits per heavy atom. The largest absolute Gasteiger partial charge is 0.313 e. The lowest BCUT2D eigenvalue weighted by molar-refractivity contribution is 0.251. The van der Waals surface area contributed by atoms with Gasteiger partial charge in [-0.2, -0.15) is 0 Å². The van der Waals surface area contributed by atoms with Gasteiger partial charge in [-0.3, -0.25) is 0 Å². The molecule has 1 fully saturated rings. The van der Waals surface area contributed by atoms with Gasteiger partial charge in [0, 0.05) is 16.2 Å². The summed E-state index contributed by atoms with van der Waals surface area (Å²) >= 11 is 2.08. The number of thioether (sulfide) groups is 1. The van der Waals surface area contributed by atoms with E-state index in [1.54, 1.807) is 0 Å². The Morgan fingerprint density at radius 1 is 1.15 bits per heavy atom. The summed E-state index contributed by atoms with van der Waals surface area (Å²) in [5, 5.41) is 4.42. The van der Waals surface area contributed by atoms with E-state index >= 15 is 0 Å². The Hall–Kier alpha value is -0.470. The molecule has 20 heavy (non-hydrogen) atoms. The monoisotopic (exact) mass is 291 g/mol. The first-order valence-electron chi connectivity index (χ1n) is 7.98. The van der Waals surface area contributed by atoms with E-state index < -0.39 is 0 Å². The van der Waals surface area contributed by atoms with E-state index in [9.17, 15) is 0 Å². The van der Waals surface area contributed by atoms with Gasteiger partial charge in [0.15, 0.2) is 0 Å². The van der Waals surface area contributed by atoms with Crippen LogP contribution in [0, 0.1) is 25.7 Å². The van der Waals surface area contributed by atoms with Crippen LogP contribution < -0.4 is 5.32 Å². The van der Waals surface area contributed by atoms with Crippen LogP contribution in [0.3, 0.4) is 0 Å². The highest BCUT2D eigenvalue weighted by Crippen LogP contribution is 2.40. The van der Waals surface area contributed by atoms with Crippen LogP contribution in [-0.4, -0.2) is 17.8 Å². The van der Waals surface area contributed by atoms with E-state index in [1.165, 1.54) is 28.9 Å². The Bertz CT molecular complexity index is 443. The van der Waals surface area contributed by atoms with Crippen molar-refractivity contribution in [3.8, 4) is 0 Å². The smallest absolute Gasteiger partial charge is 0.0274 e. The molecular formula is C18H29NS. The van der Waals surface area contributed by atoms with E-state index in [0.717, 1.165) is 18.4 Å². The van der Waals surface area contributed by atoms with Crippen LogP contribution in [0.25, 0.3) is 0 Å². The minimum atomic E-state index is 0.658. The molecule has 0 aliphatic heterocycles. The van der Waals surface area contributed by atoms with Gasteiger partial charge in [0.25, 0.3) is 0 Å². The highest BCUT2D eigenvalue weighted by molar-refractivity contribution is 8.00. The standard InChI is InChI=1S/C18H29NS/c1-6-19-17-10-12(2)9-15(5)18(17)20-16-8-7-13(3)14(4)11-16/h7-8,11-12,15,17-19H,6,9-10H2,1-5H3. The van der Waals surface area contributed by atoms with Gasteiger partial charge >= 0.3 is 0 Å². The lowest BCUT2D eigenvalue weighted by atomic mass is 9.80. The zero-order valence-electron chi connectivity index (χ0n) is 13.6. The average Bonchev–Trinajstić information content (AvgIpc) is 2.38. The van der Waals surface area contributed by atoms with Gasteiger partial charge in [0.2, 0.25) is 0 Å². The lowest BCUT2D eigenvalue weighted by Gasteiger charge is -2.39. The second-order valence-electron chi connectivity index (χ2n) is 6.55. The van der Waals surface area contributed by atoms with Gasteiger partial charge < -0.3 is 5.32 Å². The minimum absolute atomic E-state index is 0.658. The first kappa shape index (κ1) is 15.9. The summed E-state index contributed by atoms with van der Waals surface area (Å²) in [6, 6.07) is 7.57. The van der Waals surface area contributed by atoms with Crippen LogP contribution in [-0.2, 0) is 0 Å². The van der Waals surface area contributed by atoms with Crippen molar-refractivity contribution in [3.63, 3.8) is 0 Å². The van der Waals surface area contributed by atoms with Gasteiger partial charge in [-0.05, 0) is 68.3 Å². The number of aryl methyl sites for hydroxylation is 2. The molecule has 0 aromatic heterocycles. The molecule has 1 aromatic rings. The molecule has 112 valence electrons. The fourth-order valence-electron chi connectivity index (χ4n) is 3.43. The molecule has 0 heterocycles. The van der Waals surface area contributed by atoms with Crippen LogP contribution in [0.15, 0.2) is 23.1 Å². The fraction of sp³-hybridized carbons (Fsp3) is 0.667. The Balaban J connectivity index is 2.13. The molecule has 1 aromatic carbocycles. The van der Waals surface area contributed by atoms with Crippen molar-refractivity contribution < 1.29 is 0 Å². The van der Waals surface area contributed by atoms with E-state index in [-0.39, 0.29) is 0 Å². The topological polar surface area (TPSA) is 12.0 Å². The van der Waals surface area contributed by atoms with Crippen LogP contribution in [0.2, 0.25) is 0 Å². The van der Waals surface area contributed by atoms with E-state index in [0.29, 0.717) is 11.3 Å². The third-order valence-electron chi connectivity index (χ3n) is 4.60. The molecule has 1 saturated carbocycles. The quantitative estimate of drug-likeness (QED) is 0.854. The summed E-state index contributed by atoms with van der Waals surface area (Å²) in [6.45, 7) is 12.5. The van der Waals surface area contributed by atoms with E-state index in [1.807, 2.05) is 0 Å². The van der Waals surface area contributed by atoms with Crippen molar-refractivity contribution in [1.82, 2.24) is 5.32 Å². The molecule has 1 aliphatic carbocycles. The van der Waals surface area contributed by atoms with Crippen molar-refractivity contribution >= 4 is 11.8 Å². The van der Waals surface area contributed by atoms with Gasteiger partial charge in [0.1, 0.15) is 0 Å². The fourth-order valence-corrected chi connectivity index (χ4v) is 4.85. The average molecular weight is 292 g/mol. The maximum absolute atomic E-state index is 3.72. The Kier molecular flexibility index (Phi) is 5.57. The number of hydrogen-bond donors (Lipinski definition) is 1. The number of hydrogen-bond acceptors (Lipinski definition) is 2. The third kappa shape index (κ3) is 3.79. The molecule has 2 rings (SSSR count). The van der Waals surface area contributed by atoms with Gasteiger partial charge in [-0.25, -0.2) is 0 Å². The molecule has 0 bridgehead atoms. The normalized spacial score (nSPS) is 30.4. The minimum Gasteiger partial charge on any atom is -0.313 e. The number of nitrogens with one attached hydrogen (secondary N) is 1. The predicted octanol–water partition coefficient (Wildman–Crippen LogP) is 4.81. The highest BCUT2D eigenvalue weighted by Gasteiger charge is 2.34. The first-order chi connectivity index (χ1) is 9.51. The molecular weight excluding hydrogens is 262 g/mol. The summed E-state index contributed by atoms with van der Waals surface area (Å²) in [5.41, 5.74) is 2.80. The van der Waals surface area contributed by atoms with Crippen LogP contribution >= 0.6 is 11.8 Å². The van der Waals surface area contributed by atoms with E-state index in [2.05, 4.69) is 69.9 Å². The summed E-state index contributed by atoms with van der Waals surface area (Å²) in [5.74, 6) is 1.64. The predicted molar refractivity (Wildman–Crippen MR) is 90.6 cm³/mol. The molecule has 0 radical (unpaired) electrons. The van der Waals surface area contributed by atoms with Crippen LogP contribution in [0.1, 0.15) is 44.7 Å². The molecule has 1 nitrogen and oxygen atoms in total. The second-order valence-corrected chi connectivity index (χ2v) is 7.80. The molecule has 4 atom stereocenters. The van der Waals surface area contributed by atoms with Crippen molar-refractivity contribution in [3.05, 3.63) is 29.3 Å². The molecule has 4 unspecified atom stereocenters. The first-order valence-corrected chi connectivity index (χ1v) is 8.86. The summed E-state index contributed by atoms with van der Waals surface area (Å²) in [4.78, 5) is 1.43. The van der Waals surface area contributed by atoms with Crippen LogP contribution in [0.4, 0.5) is 0 Å². The van der Waals surface area contributed by atoms with Crippen molar-refractivity contribution in [2.75, 3.05) is 6.54 Å². The Morgan fingerprint density at radius 3 is 2.55 bits per heavy atom. The van der Waals surface area contributed by atoms with Crippen molar-refractivity contribution in [1.29, 1.82) is 0 Å². The summed E-state index contributed by atoms with van der Waals surface area (Å²) in [6.07, 6.45) is 2.69. The number of rotatable bonds is 4. The van der Waals surface area contributed by atoms with E-state index in [4.69, 9.17) is 0 Å². The van der Waals surface area contributed by atoms with Crippen molar-refractivity contribution in [2.24, 2.45) is 11.8 Å². The zero-order valence-corrected chi connectivity index (χ0v) is 14.4. The molecule has 1 aliphatic rings. The zero-order chi connectivity index (χ0) is 14.7. The summed E-state index contributed by atoms with van der Waals surface area (Å²) < 4.78 is 0. The summed E-state index contributed by atoms with van der Waals surface area (Å²) in [7, 11) is 0. The maximum Gasteiger partial charge on any atom is 0.0274 e. The molecule has 2 heteroatoms. The molecule has 0 saturated heterocycles. The van der Waals surface area contributed by atoms with Gasteiger partial charge in [-0.1, -0.05) is 26.8 Å². The maximum atomic E-state index is 3.72. The molecule has 0 spiro atoms. The highest BCUT2D eigenvalue weighted by atomic mass is 32.2. The van der Waals surface area contributed by atoms with Crippen molar-refractivity contribution in [2.45, 2.75) is 63.6 Å². The number of benzene rings is 1. The Labute approximate surface area is 128 Å². The van der Waals surface area contributed by atoms with Gasteiger partial charge in [0.05, 0.1) is 0 Å². The molecule has 1 N–H and O–H groups in total. The third-order valence-corrected chi connectivity index (χ3v) is 6.20. The lowest BCUT2D eigenvalue weighted by Crippen LogP contribution is -2.46. The second kappa shape index (κ2) is 7.00. The van der Waals surface area contributed by atoms with Gasteiger partial charge in [-0.15, -0.1) is 11.8 Å².